The number of esters is 1. The van der Waals surface area contributed by atoms with Crippen LogP contribution in [-0.4, -0.2) is 47.4 Å². The molecule has 6 nitrogen and oxygen atoms in total. The molecule has 0 saturated heterocycles. The molecule has 0 aliphatic heterocycles. The third-order valence-corrected chi connectivity index (χ3v) is 16.0. The summed E-state index contributed by atoms with van der Waals surface area (Å²) in [6.45, 7) is 4.89. The second kappa shape index (κ2) is 68.1. The van der Waals surface area contributed by atoms with Gasteiger partial charge in [0.15, 0.2) is 0 Å². The predicted molar refractivity (Wildman–Crippen MR) is 347 cm³/mol. The van der Waals surface area contributed by atoms with E-state index in [0.29, 0.717) is 19.4 Å². The fraction of sp³-hybridized carbons (Fsp3) is 0.836. The van der Waals surface area contributed by atoms with E-state index >= 15 is 0 Å². The summed E-state index contributed by atoms with van der Waals surface area (Å²) in [6.07, 6.45) is 90.0. The minimum absolute atomic E-state index is 0.00234. The molecule has 0 rings (SSSR count). The molecular weight excluding hydrogens is 971 g/mol. The number of unbranched alkanes of at least 4 members (excludes halogenated alkanes) is 46. The number of allylic oxidation sites excluding steroid dienone is 9. The number of carbonyl (C=O) groups excluding carboxylic acids is 2. The standard InChI is InChI=1S/C73H135NO5/c1-3-5-7-9-11-13-15-17-19-21-34-37-41-45-49-53-57-61-65-71(76)70(69-75)74-72(77)66-62-58-54-50-46-42-38-35-31-29-27-25-23-22-24-26-28-30-32-36-40-44-48-52-56-60-64-68-79-73(78)67-63-59-55-51-47-43-39-33-20-18-16-14-12-10-8-6-4-2/h12,14,18,20,22-23,26,28,61,65,70-71,75-76H,3-11,13,15-17,19,21,24-25,27,29-60,62-64,66-69H2,1-2H3,(H,74,77)/b14-12-,20-18-,23-22-,28-26-,65-61+. The van der Waals surface area contributed by atoms with Gasteiger partial charge in [-0.05, 0) is 96.3 Å². The molecule has 3 N–H and O–H groups in total. The fourth-order valence-electron chi connectivity index (χ4n) is 10.6. The number of hydrogen-bond acceptors (Lipinski definition) is 5. The maximum absolute atomic E-state index is 12.5. The zero-order chi connectivity index (χ0) is 57.1. The van der Waals surface area contributed by atoms with Crippen LogP contribution in [0, 0.1) is 0 Å². The molecule has 6 heteroatoms. The molecule has 0 aromatic heterocycles. The summed E-state index contributed by atoms with van der Waals surface area (Å²) in [5, 5.41) is 23.2. The summed E-state index contributed by atoms with van der Waals surface area (Å²) in [6, 6.07) is -0.632. The van der Waals surface area contributed by atoms with Crippen LogP contribution in [0.2, 0.25) is 0 Å². The van der Waals surface area contributed by atoms with Gasteiger partial charge < -0.3 is 20.3 Å². The van der Waals surface area contributed by atoms with Gasteiger partial charge in [0.2, 0.25) is 5.91 Å². The van der Waals surface area contributed by atoms with E-state index in [1.807, 2.05) is 6.08 Å². The highest BCUT2D eigenvalue weighted by atomic mass is 16.5. The van der Waals surface area contributed by atoms with Crippen molar-refractivity contribution < 1.29 is 24.5 Å². The lowest BCUT2D eigenvalue weighted by molar-refractivity contribution is -0.143. The lowest BCUT2D eigenvalue weighted by atomic mass is 10.0. The van der Waals surface area contributed by atoms with Gasteiger partial charge >= 0.3 is 5.97 Å². The van der Waals surface area contributed by atoms with Crippen LogP contribution in [-0.2, 0) is 14.3 Å². The molecule has 0 fully saturated rings. The zero-order valence-electron chi connectivity index (χ0n) is 52.9. The molecule has 0 aliphatic rings. The van der Waals surface area contributed by atoms with Gasteiger partial charge in [0.1, 0.15) is 0 Å². The number of ether oxygens (including phenoxy) is 1. The Hall–Kier alpha value is -2.44. The number of aliphatic hydroxyl groups excluding tert-OH is 2. The van der Waals surface area contributed by atoms with E-state index in [-0.39, 0.29) is 18.5 Å². The molecule has 0 spiro atoms. The first-order valence-electron chi connectivity index (χ1n) is 35.1. The average molecular weight is 1110 g/mol. The Morgan fingerprint density at radius 1 is 0.354 bits per heavy atom. The summed E-state index contributed by atoms with van der Waals surface area (Å²) < 4.78 is 5.49. The van der Waals surface area contributed by atoms with Crippen LogP contribution in [0.1, 0.15) is 367 Å². The lowest BCUT2D eigenvalue weighted by Crippen LogP contribution is -2.45. The van der Waals surface area contributed by atoms with Crippen molar-refractivity contribution in [2.75, 3.05) is 13.2 Å². The van der Waals surface area contributed by atoms with Crippen LogP contribution in [0.3, 0.4) is 0 Å². The van der Waals surface area contributed by atoms with Crippen molar-refractivity contribution in [2.45, 2.75) is 379 Å². The van der Waals surface area contributed by atoms with Crippen LogP contribution in [0.5, 0.6) is 0 Å². The Kier molecular flexibility index (Phi) is 66.0. The van der Waals surface area contributed by atoms with Gasteiger partial charge in [-0.3, -0.25) is 9.59 Å². The monoisotopic (exact) mass is 1110 g/mol. The van der Waals surface area contributed by atoms with Crippen LogP contribution in [0.25, 0.3) is 0 Å². The van der Waals surface area contributed by atoms with Gasteiger partial charge in [-0.15, -0.1) is 0 Å². The van der Waals surface area contributed by atoms with E-state index in [1.54, 1.807) is 6.08 Å². The van der Waals surface area contributed by atoms with Crippen molar-refractivity contribution >= 4 is 11.9 Å². The molecule has 462 valence electrons. The summed E-state index contributed by atoms with van der Waals surface area (Å²) in [5.41, 5.74) is 0. The molecule has 0 radical (unpaired) electrons. The van der Waals surface area contributed by atoms with E-state index in [2.05, 4.69) is 67.8 Å². The largest absolute Gasteiger partial charge is 0.466 e. The molecule has 2 atom stereocenters. The molecule has 0 aromatic carbocycles. The van der Waals surface area contributed by atoms with Gasteiger partial charge in [0.25, 0.3) is 0 Å². The first-order valence-corrected chi connectivity index (χ1v) is 35.1. The molecule has 0 heterocycles. The topological polar surface area (TPSA) is 95.9 Å². The SMILES string of the molecule is CCCCC/C=C\C/C=C\CCCCCCCCCC(=O)OCCCCCCCCCCC/C=C\C/C=C\CCCCCCCCCCCCCC(=O)NC(CO)C(O)/C=C/CCCCCCCCCCCCCCCCCC. The second-order valence-electron chi connectivity index (χ2n) is 23.9. The quantitative estimate of drug-likeness (QED) is 0.0320. The molecular formula is C73H135NO5. The Labute approximate surface area is 492 Å². The zero-order valence-corrected chi connectivity index (χ0v) is 52.9. The molecule has 0 aliphatic carbocycles. The molecule has 1 amide bonds. The van der Waals surface area contributed by atoms with E-state index < -0.39 is 12.1 Å². The number of rotatable bonds is 65. The number of hydrogen-bond donors (Lipinski definition) is 3. The Morgan fingerprint density at radius 3 is 0.987 bits per heavy atom. The van der Waals surface area contributed by atoms with E-state index in [9.17, 15) is 19.8 Å². The van der Waals surface area contributed by atoms with Gasteiger partial charge in [-0.2, -0.15) is 0 Å². The molecule has 0 bridgehead atoms. The highest BCUT2D eigenvalue weighted by Gasteiger charge is 2.18. The number of carbonyl (C=O) groups is 2. The Bertz CT molecular complexity index is 1370. The Balaban J connectivity index is 3.44. The van der Waals surface area contributed by atoms with Crippen LogP contribution in [0.4, 0.5) is 0 Å². The van der Waals surface area contributed by atoms with E-state index in [0.717, 1.165) is 57.8 Å². The van der Waals surface area contributed by atoms with Crippen molar-refractivity contribution in [3.63, 3.8) is 0 Å². The van der Waals surface area contributed by atoms with Gasteiger partial charge in [-0.1, -0.05) is 319 Å². The minimum atomic E-state index is -0.848. The van der Waals surface area contributed by atoms with Gasteiger partial charge in [0, 0.05) is 12.8 Å². The van der Waals surface area contributed by atoms with Crippen LogP contribution >= 0.6 is 0 Å². The number of aliphatic hydroxyl groups is 2. The molecule has 2 unspecified atom stereocenters. The highest BCUT2D eigenvalue weighted by Crippen LogP contribution is 2.17. The van der Waals surface area contributed by atoms with E-state index in [1.165, 1.54) is 283 Å². The smallest absolute Gasteiger partial charge is 0.305 e. The molecule has 0 aromatic rings. The average Bonchev–Trinajstić information content (AvgIpc) is 3.45. The summed E-state index contributed by atoms with van der Waals surface area (Å²) >= 11 is 0. The fourth-order valence-corrected chi connectivity index (χ4v) is 10.6. The third kappa shape index (κ3) is 64.6. The number of amides is 1. The predicted octanol–water partition coefficient (Wildman–Crippen LogP) is 22.6. The van der Waals surface area contributed by atoms with Crippen LogP contribution in [0.15, 0.2) is 60.8 Å². The third-order valence-electron chi connectivity index (χ3n) is 16.0. The van der Waals surface area contributed by atoms with Crippen molar-refractivity contribution in [1.82, 2.24) is 5.32 Å². The van der Waals surface area contributed by atoms with Gasteiger partial charge in [-0.25, -0.2) is 0 Å². The maximum atomic E-state index is 12.5. The second-order valence-corrected chi connectivity index (χ2v) is 23.9. The Morgan fingerprint density at radius 2 is 0.633 bits per heavy atom. The van der Waals surface area contributed by atoms with Crippen molar-refractivity contribution in [3.8, 4) is 0 Å². The van der Waals surface area contributed by atoms with Crippen molar-refractivity contribution in [1.29, 1.82) is 0 Å². The number of nitrogens with one attached hydrogen (secondary N) is 1. The summed E-state index contributed by atoms with van der Waals surface area (Å²) in [7, 11) is 0. The summed E-state index contributed by atoms with van der Waals surface area (Å²) in [4.78, 5) is 24.6. The first-order chi connectivity index (χ1) is 39.0. The lowest BCUT2D eigenvalue weighted by Gasteiger charge is -2.20. The van der Waals surface area contributed by atoms with Crippen molar-refractivity contribution in [3.05, 3.63) is 60.8 Å². The first kappa shape index (κ1) is 76.6. The summed E-state index contributed by atoms with van der Waals surface area (Å²) in [5.74, 6) is -0.0669. The maximum Gasteiger partial charge on any atom is 0.305 e. The van der Waals surface area contributed by atoms with Gasteiger partial charge in [0.05, 0.1) is 25.4 Å². The normalized spacial score (nSPS) is 12.9. The molecule has 0 saturated carbocycles. The molecule has 79 heavy (non-hydrogen) atoms. The van der Waals surface area contributed by atoms with Crippen LogP contribution < -0.4 is 5.32 Å². The van der Waals surface area contributed by atoms with Crippen molar-refractivity contribution in [2.24, 2.45) is 0 Å². The highest BCUT2D eigenvalue weighted by molar-refractivity contribution is 5.76. The minimum Gasteiger partial charge on any atom is -0.466 e. The van der Waals surface area contributed by atoms with E-state index in [4.69, 9.17) is 4.74 Å².